The zero-order valence-corrected chi connectivity index (χ0v) is 21.9. The fourth-order valence-corrected chi connectivity index (χ4v) is 4.65. The second-order valence-corrected chi connectivity index (χ2v) is 9.63. The van der Waals surface area contributed by atoms with Crippen LogP contribution in [0, 0.1) is 12.8 Å². The van der Waals surface area contributed by atoms with Crippen LogP contribution < -0.4 is 20.6 Å². The van der Waals surface area contributed by atoms with Gasteiger partial charge < -0.3 is 25.8 Å². The molecule has 3 N–H and O–H groups in total. The van der Waals surface area contributed by atoms with Crippen molar-refractivity contribution < 1.29 is 36.8 Å². The number of aromatic nitrogens is 2. The molecule has 0 bridgehead atoms. The van der Waals surface area contributed by atoms with E-state index in [-0.39, 0.29) is 41.5 Å². The van der Waals surface area contributed by atoms with Crippen molar-refractivity contribution in [3.8, 4) is 0 Å². The van der Waals surface area contributed by atoms with Crippen LogP contribution in [0.3, 0.4) is 0 Å². The number of rotatable bonds is 7. The third kappa shape index (κ3) is 7.36. The first kappa shape index (κ1) is 28.6. The summed E-state index contributed by atoms with van der Waals surface area (Å²) < 4.78 is 47.3. The van der Waals surface area contributed by atoms with Crippen LogP contribution in [-0.2, 0) is 22.2 Å². The number of benzene rings is 2. The van der Waals surface area contributed by atoms with Crippen molar-refractivity contribution in [3.05, 3.63) is 70.7 Å². The molecule has 13 heteroatoms. The second-order valence-electron chi connectivity index (χ2n) is 9.63. The quantitative estimate of drug-likeness (QED) is 0.344. The number of urea groups is 1. The molecule has 0 spiro atoms. The van der Waals surface area contributed by atoms with E-state index < -0.39 is 23.7 Å². The molecule has 1 aromatic heterocycles. The lowest BCUT2D eigenvalue weighted by Gasteiger charge is -2.22. The number of alkyl halides is 3. The van der Waals surface area contributed by atoms with Gasteiger partial charge in [-0.15, -0.1) is 0 Å². The largest absolute Gasteiger partial charge is 0.424 e. The van der Waals surface area contributed by atoms with Crippen molar-refractivity contribution >= 4 is 35.1 Å². The maximum atomic E-state index is 13.5. The highest BCUT2D eigenvalue weighted by Gasteiger charge is 2.33. The van der Waals surface area contributed by atoms with Crippen molar-refractivity contribution in [1.82, 2.24) is 10.6 Å². The Morgan fingerprint density at radius 3 is 2.38 bits per heavy atom. The predicted molar refractivity (Wildman–Crippen MR) is 139 cm³/mol. The Balaban J connectivity index is 1.40. The first-order chi connectivity index (χ1) is 19.0. The molecule has 4 amide bonds. The number of amides is 4. The number of anilines is 2. The molecule has 10 nitrogen and oxygen atoms in total. The average molecular weight is 559 g/mol. The Morgan fingerprint density at radius 1 is 1.05 bits per heavy atom. The molecule has 0 saturated heterocycles. The number of nitrogens with one attached hydrogen (secondary N) is 3. The van der Waals surface area contributed by atoms with E-state index in [4.69, 9.17) is 4.52 Å². The third-order valence-corrected chi connectivity index (χ3v) is 6.78. The van der Waals surface area contributed by atoms with Crippen molar-refractivity contribution in [1.29, 1.82) is 0 Å². The molecule has 40 heavy (non-hydrogen) atoms. The van der Waals surface area contributed by atoms with Crippen molar-refractivity contribution in [2.75, 3.05) is 17.7 Å². The van der Waals surface area contributed by atoms with Crippen LogP contribution in [0.25, 0.3) is 5.32 Å². The Labute approximate surface area is 228 Å². The Bertz CT molecular complexity index is 1380. The van der Waals surface area contributed by atoms with Crippen LogP contribution in [0.5, 0.6) is 0 Å². The summed E-state index contributed by atoms with van der Waals surface area (Å²) in [4.78, 5) is 36.9. The minimum atomic E-state index is -4.72. The molecular weight excluding hydrogens is 529 g/mol. The first-order valence-corrected chi connectivity index (χ1v) is 12.7. The van der Waals surface area contributed by atoms with E-state index in [1.54, 1.807) is 19.2 Å². The van der Waals surface area contributed by atoms with E-state index in [0.29, 0.717) is 25.7 Å². The van der Waals surface area contributed by atoms with E-state index >= 15 is 0 Å². The van der Waals surface area contributed by atoms with Gasteiger partial charge in [0.25, 0.3) is 0 Å². The number of hydrogen-bond donors (Lipinski definition) is 3. The maximum Gasteiger partial charge on any atom is 0.416 e. The van der Waals surface area contributed by atoms with E-state index in [1.165, 1.54) is 16.9 Å². The minimum absolute atomic E-state index is 0.000398. The lowest BCUT2D eigenvalue weighted by molar-refractivity contribution is -0.787. The molecule has 3 aromatic rings. The monoisotopic (exact) mass is 558 g/mol. The highest BCUT2D eigenvalue weighted by Crippen LogP contribution is 2.34. The molecule has 1 saturated carbocycles. The summed E-state index contributed by atoms with van der Waals surface area (Å²) in [5.74, 6) is -0.705. The van der Waals surface area contributed by atoms with Gasteiger partial charge in [0.15, 0.2) is 17.3 Å². The summed E-state index contributed by atoms with van der Waals surface area (Å²) in [7, 11) is 1.60. The van der Waals surface area contributed by atoms with Gasteiger partial charge in [-0.1, -0.05) is 28.9 Å². The summed E-state index contributed by atoms with van der Waals surface area (Å²) in [6.45, 7) is 1.83. The van der Waals surface area contributed by atoms with Crippen LogP contribution in [0.2, 0.25) is 0 Å². The number of carbonyl (C=O) groups is 3. The number of carbonyl (C=O) groups excluding carboxylic acids is 3. The van der Waals surface area contributed by atoms with Gasteiger partial charge in [-0.05, 0) is 54.8 Å². The zero-order valence-electron chi connectivity index (χ0n) is 21.9. The topological polar surface area (TPSA) is 131 Å². The molecule has 1 aliphatic carbocycles. The first-order valence-electron chi connectivity index (χ1n) is 12.7. The summed E-state index contributed by atoms with van der Waals surface area (Å²) in [5, 5.41) is 15.0. The molecule has 1 heterocycles. The predicted octanol–water partition coefficient (Wildman–Crippen LogP) is 5.19. The molecular formula is C27H29F3N6O4. The maximum absolute atomic E-state index is 13.5. The summed E-state index contributed by atoms with van der Waals surface area (Å²) in [6, 6.07) is 8.91. The SMILES string of the molecule is CNC(=O)C1CCC([n+]2cc([N-]C(=O)Nc3cc(NC(=O)Cc4ccccc4C)cc(C(F)(F)F)c3)on2)CC1. The molecule has 0 radical (unpaired) electrons. The van der Waals surface area contributed by atoms with Gasteiger partial charge in [0.1, 0.15) is 0 Å². The van der Waals surface area contributed by atoms with Crippen LogP contribution >= 0.6 is 0 Å². The molecule has 0 atom stereocenters. The molecule has 4 rings (SSSR count). The van der Waals surface area contributed by atoms with Gasteiger partial charge in [0.05, 0.1) is 12.0 Å². The standard InChI is InChI=1S/C27H29F3N6O4/c1-16-5-3-4-6-18(16)11-23(37)32-20-12-19(27(28,29)30)13-21(14-20)33-26(39)34-24-15-36(35-40-24)22-9-7-17(8-10-22)25(38)31-2/h3-6,12-15,17,22H,7-11H2,1-2H3,(H3-,31,32,33,34,35,37,38,39). The second kappa shape index (κ2) is 12.2. The van der Waals surface area contributed by atoms with Crippen molar-refractivity contribution in [2.24, 2.45) is 5.92 Å². The Kier molecular flexibility index (Phi) is 8.70. The normalized spacial score (nSPS) is 17.1. The average Bonchev–Trinajstić information content (AvgIpc) is 3.37. The van der Waals surface area contributed by atoms with Crippen LogP contribution in [0.15, 0.2) is 53.2 Å². The third-order valence-electron chi connectivity index (χ3n) is 6.78. The Hall–Kier alpha value is -4.42. The van der Waals surface area contributed by atoms with E-state index in [0.717, 1.165) is 23.3 Å². The summed E-state index contributed by atoms with van der Waals surface area (Å²) >= 11 is 0. The van der Waals surface area contributed by atoms with Gasteiger partial charge in [-0.25, -0.2) is 0 Å². The van der Waals surface area contributed by atoms with Crippen molar-refractivity contribution in [2.45, 2.75) is 51.2 Å². The zero-order chi connectivity index (χ0) is 28.9. The number of aryl methyl sites for hydroxylation is 1. The highest BCUT2D eigenvalue weighted by molar-refractivity contribution is 6.04. The molecule has 1 aliphatic rings. The molecule has 1 fully saturated rings. The molecule has 2 aromatic carbocycles. The summed E-state index contributed by atoms with van der Waals surface area (Å²) in [6.07, 6.45) is -0.604. The molecule has 0 unspecified atom stereocenters. The lowest BCUT2D eigenvalue weighted by Crippen LogP contribution is -2.43. The lowest BCUT2D eigenvalue weighted by atomic mass is 9.85. The van der Waals surface area contributed by atoms with Crippen LogP contribution in [0.4, 0.5) is 35.2 Å². The molecule has 0 aliphatic heterocycles. The fraction of sp³-hybridized carbons (Fsp3) is 0.370. The van der Waals surface area contributed by atoms with Crippen LogP contribution in [0.1, 0.15) is 48.4 Å². The number of halogens is 3. The number of hydrogen-bond acceptors (Lipinski definition) is 5. The molecule has 212 valence electrons. The van der Waals surface area contributed by atoms with E-state index in [1.807, 2.05) is 19.1 Å². The highest BCUT2D eigenvalue weighted by atomic mass is 19.4. The minimum Gasteiger partial charge on any atom is -0.424 e. The van der Waals surface area contributed by atoms with Gasteiger partial charge in [0, 0.05) is 31.5 Å². The van der Waals surface area contributed by atoms with E-state index in [9.17, 15) is 27.6 Å². The number of nitrogens with zero attached hydrogens (tertiary/aromatic N) is 3. The van der Waals surface area contributed by atoms with Gasteiger partial charge in [-0.3, -0.25) is 14.4 Å². The van der Waals surface area contributed by atoms with Gasteiger partial charge in [-0.2, -0.15) is 13.2 Å². The van der Waals surface area contributed by atoms with Gasteiger partial charge >= 0.3 is 6.18 Å². The van der Waals surface area contributed by atoms with Crippen molar-refractivity contribution in [3.63, 3.8) is 0 Å². The fourth-order valence-electron chi connectivity index (χ4n) is 4.65. The van der Waals surface area contributed by atoms with Crippen LogP contribution in [-0.4, -0.2) is 30.2 Å². The smallest absolute Gasteiger partial charge is 0.416 e. The van der Waals surface area contributed by atoms with E-state index in [2.05, 4.69) is 26.5 Å². The summed E-state index contributed by atoms with van der Waals surface area (Å²) in [5.41, 5.74) is 0.217. The Morgan fingerprint density at radius 2 is 1.73 bits per heavy atom. The van der Waals surface area contributed by atoms with Gasteiger partial charge in [0.2, 0.25) is 23.9 Å².